The van der Waals surface area contributed by atoms with Crippen molar-refractivity contribution < 1.29 is 9.18 Å². The third kappa shape index (κ3) is 8.24. The standard InChI is InChI=1S/C18H22FN5O.HI/c1-20-18(24-13-16-4-2-3-9-21-16)23-11-10-22-17(25)12-14-5-7-15(19)8-6-14;/h2-9H,10-13H2,1H3,(H,22,25)(H2,20,23,24);1H. The molecule has 0 fully saturated rings. The Morgan fingerprint density at radius 1 is 1.08 bits per heavy atom. The zero-order valence-corrected chi connectivity index (χ0v) is 16.9. The Kier molecular flexibility index (Phi) is 10.2. The molecule has 2 aromatic rings. The van der Waals surface area contributed by atoms with Gasteiger partial charge in [-0.15, -0.1) is 24.0 Å². The number of benzene rings is 1. The van der Waals surface area contributed by atoms with Crippen LogP contribution in [-0.4, -0.2) is 37.0 Å². The first kappa shape index (κ1) is 21.8. The number of rotatable bonds is 7. The van der Waals surface area contributed by atoms with Crippen LogP contribution in [0.25, 0.3) is 0 Å². The summed E-state index contributed by atoms with van der Waals surface area (Å²) in [5, 5.41) is 9.07. The van der Waals surface area contributed by atoms with Crippen LogP contribution in [0.15, 0.2) is 53.7 Å². The summed E-state index contributed by atoms with van der Waals surface area (Å²) in [6.07, 6.45) is 1.97. The zero-order chi connectivity index (χ0) is 17.9. The SMILES string of the molecule is CN=C(NCCNC(=O)Cc1ccc(F)cc1)NCc1ccccn1.I. The van der Waals surface area contributed by atoms with Gasteiger partial charge >= 0.3 is 0 Å². The van der Waals surface area contributed by atoms with Crippen molar-refractivity contribution in [1.82, 2.24) is 20.9 Å². The van der Waals surface area contributed by atoms with Gasteiger partial charge in [0.05, 0.1) is 18.7 Å². The molecule has 0 saturated carbocycles. The van der Waals surface area contributed by atoms with E-state index in [0.29, 0.717) is 25.6 Å². The second-order valence-electron chi connectivity index (χ2n) is 5.33. The molecular formula is C18H23FIN5O. The number of aromatic nitrogens is 1. The molecule has 1 heterocycles. The van der Waals surface area contributed by atoms with Crippen LogP contribution in [0.3, 0.4) is 0 Å². The van der Waals surface area contributed by atoms with Crippen molar-refractivity contribution in [1.29, 1.82) is 0 Å². The molecule has 0 unspecified atom stereocenters. The molecular weight excluding hydrogens is 448 g/mol. The lowest BCUT2D eigenvalue weighted by Gasteiger charge is -2.12. The Morgan fingerprint density at radius 2 is 1.81 bits per heavy atom. The number of hydrogen-bond acceptors (Lipinski definition) is 3. The van der Waals surface area contributed by atoms with Gasteiger partial charge in [0.1, 0.15) is 5.82 Å². The van der Waals surface area contributed by atoms with Gasteiger partial charge in [-0.2, -0.15) is 0 Å². The van der Waals surface area contributed by atoms with E-state index in [4.69, 9.17) is 0 Å². The maximum Gasteiger partial charge on any atom is 0.224 e. The predicted molar refractivity (Wildman–Crippen MR) is 111 cm³/mol. The summed E-state index contributed by atoms with van der Waals surface area (Å²) < 4.78 is 12.8. The number of guanidine groups is 1. The van der Waals surface area contributed by atoms with Crippen LogP contribution in [0.1, 0.15) is 11.3 Å². The average molecular weight is 471 g/mol. The van der Waals surface area contributed by atoms with E-state index in [-0.39, 0.29) is 42.1 Å². The van der Waals surface area contributed by atoms with Gasteiger partial charge in [-0.3, -0.25) is 14.8 Å². The van der Waals surface area contributed by atoms with E-state index in [0.717, 1.165) is 11.3 Å². The van der Waals surface area contributed by atoms with Crippen LogP contribution in [0.4, 0.5) is 4.39 Å². The van der Waals surface area contributed by atoms with Crippen LogP contribution >= 0.6 is 24.0 Å². The first-order chi connectivity index (χ1) is 12.2. The highest BCUT2D eigenvalue weighted by atomic mass is 127. The van der Waals surface area contributed by atoms with Crippen LogP contribution in [0.2, 0.25) is 0 Å². The van der Waals surface area contributed by atoms with Crippen molar-refractivity contribution in [3.05, 3.63) is 65.7 Å². The van der Waals surface area contributed by atoms with Crippen LogP contribution in [0, 0.1) is 5.82 Å². The Morgan fingerprint density at radius 3 is 2.46 bits per heavy atom. The van der Waals surface area contributed by atoms with Crippen LogP contribution in [0.5, 0.6) is 0 Å². The summed E-state index contributed by atoms with van der Waals surface area (Å²) in [5.41, 5.74) is 1.69. The van der Waals surface area contributed by atoms with Gasteiger partial charge in [-0.05, 0) is 29.8 Å². The van der Waals surface area contributed by atoms with Crippen molar-refractivity contribution in [3.8, 4) is 0 Å². The molecule has 0 radical (unpaired) electrons. The molecule has 140 valence electrons. The number of amides is 1. The van der Waals surface area contributed by atoms with Gasteiger partial charge in [0.2, 0.25) is 5.91 Å². The highest BCUT2D eigenvalue weighted by molar-refractivity contribution is 14.0. The minimum absolute atomic E-state index is 0. The average Bonchev–Trinajstić information content (AvgIpc) is 2.64. The second kappa shape index (κ2) is 12.2. The third-order valence-corrected chi connectivity index (χ3v) is 3.40. The molecule has 0 aliphatic carbocycles. The summed E-state index contributed by atoms with van der Waals surface area (Å²) in [7, 11) is 1.68. The fraction of sp³-hybridized carbons (Fsp3) is 0.278. The van der Waals surface area contributed by atoms with E-state index in [2.05, 4.69) is 25.9 Å². The number of aliphatic imine (C=N–C) groups is 1. The van der Waals surface area contributed by atoms with E-state index in [1.807, 2.05) is 18.2 Å². The summed E-state index contributed by atoms with van der Waals surface area (Å²) in [6, 6.07) is 11.6. The van der Waals surface area contributed by atoms with E-state index in [9.17, 15) is 9.18 Å². The first-order valence-corrected chi connectivity index (χ1v) is 8.03. The third-order valence-electron chi connectivity index (χ3n) is 3.40. The fourth-order valence-corrected chi connectivity index (χ4v) is 2.13. The topological polar surface area (TPSA) is 78.4 Å². The van der Waals surface area contributed by atoms with E-state index >= 15 is 0 Å². The maximum absolute atomic E-state index is 12.8. The Bertz CT molecular complexity index is 694. The van der Waals surface area contributed by atoms with Gasteiger partial charge < -0.3 is 16.0 Å². The first-order valence-electron chi connectivity index (χ1n) is 8.03. The van der Waals surface area contributed by atoms with E-state index in [1.54, 1.807) is 25.4 Å². The summed E-state index contributed by atoms with van der Waals surface area (Å²) in [4.78, 5) is 20.2. The number of carbonyl (C=O) groups is 1. The van der Waals surface area contributed by atoms with Gasteiger partial charge in [-0.25, -0.2) is 4.39 Å². The largest absolute Gasteiger partial charge is 0.355 e. The molecule has 0 aliphatic rings. The molecule has 0 spiro atoms. The van der Waals surface area contributed by atoms with Gasteiger partial charge in [-0.1, -0.05) is 18.2 Å². The molecule has 0 aliphatic heterocycles. The monoisotopic (exact) mass is 471 g/mol. The number of halogens is 2. The molecule has 6 nitrogen and oxygen atoms in total. The molecule has 2 rings (SSSR count). The van der Waals surface area contributed by atoms with Gasteiger partial charge in [0.15, 0.2) is 5.96 Å². The highest BCUT2D eigenvalue weighted by Crippen LogP contribution is 2.03. The Hall–Kier alpha value is -2.23. The van der Waals surface area contributed by atoms with Crippen molar-refractivity contribution in [3.63, 3.8) is 0 Å². The molecule has 3 N–H and O–H groups in total. The van der Waals surface area contributed by atoms with Crippen molar-refractivity contribution in [2.24, 2.45) is 4.99 Å². The maximum atomic E-state index is 12.8. The van der Waals surface area contributed by atoms with Gasteiger partial charge in [0, 0.05) is 26.3 Å². The van der Waals surface area contributed by atoms with Crippen molar-refractivity contribution in [2.45, 2.75) is 13.0 Å². The minimum Gasteiger partial charge on any atom is -0.355 e. The minimum atomic E-state index is -0.307. The number of pyridine rings is 1. The highest BCUT2D eigenvalue weighted by Gasteiger charge is 2.03. The quantitative estimate of drug-likeness (QED) is 0.250. The number of carbonyl (C=O) groups excluding carboxylic acids is 1. The molecule has 8 heteroatoms. The van der Waals surface area contributed by atoms with Crippen molar-refractivity contribution >= 4 is 35.8 Å². The smallest absolute Gasteiger partial charge is 0.224 e. The number of hydrogen-bond donors (Lipinski definition) is 3. The van der Waals surface area contributed by atoms with Crippen molar-refractivity contribution in [2.75, 3.05) is 20.1 Å². The lowest BCUT2D eigenvalue weighted by Crippen LogP contribution is -2.41. The van der Waals surface area contributed by atoms with E-state index in [1.165, 1.54) is 12.1 Å². The predicted octanol–water partition coefficient (Wildman–Crippen LogP) is 1.86. The second-order valence-corrected chi connectivity index (χ2v) is 5.33. The van der Waals surface area contributed by atoms with E-state index < -0.39 is 0 Å². The van der Waals surface area contributed by atoms with Gasteiger partial charge in [0.25, 0.3) is 0 Å². The zero-order valence-electron chi connectivity index (χ0n) is 14.5. The number of nitrogens with one attached hydrogen (secondary N) is 3. The normalized spacial score (nSPS) is 10.6. The molecule has 1 aromatic carbocycles. The molecule has 26 heavy (non-hydrogen) atoms. The summed E-state index contributed by atoms with van der Waals surface area (Å²) >= 11 is 0. The Labute approximate surface area is 169 Å². The summed E-state index contributed by atoms with van der Waals surface area (Å²) in [5.74, 6) is 0.223. The summed E-state index contributed by atoms with van der Waals surface area (Å²) in [6.45, 7) is 1.57. The molecule has 0 atom stereocenters. The lowest BCUT2D eigenvalue weighted by molar-refractivity contribution is -0.120. The van der Waals surface area contributed by atoms with Crippen LogP contribution in [-0.2, 0) is 17.8 Å². The lowest BCUT2D eigenvalue weighted by atomic mass is 10.1. The Balaban J connectivity index is 0.00000338. The number of nitrogens with zero attached hydrogens (tertiary/aromatic N) is 2. The fourth-order valence-electron chi connectivity index (χ4n) is 2.13. The van der Waals surface area contributed by atoms with Crippen LogP contribution < -0.4 is 16.0 Å². The molecule has 0 saturated heterocycles. The molecule has 0 bridgehead atoms. The molecule has 1 amide bonds. The molecule has 1 aromatic heterocycles.